The number of rotatable bonds is 8. The summed E-state index contributed by atoms with van der Waals surface area (Å²) in [5.74, 6) is -1.71. The van der Waals surface area contributed by atoms with Gasteiger partial charge in [-0.25, -0.2) is 0 Å². The molecule has 1 fully saturated rings. The first kappa shape index (κ1) is 14.8. The average Bonchev–Trinajstić information content (AvgIpc) is 3.00. The molecular formula is C10H19N3O5. The molecule has 0 radical (unpaired) electrons. The number of carbonyl (C=O) groups is 2. The topological polar surface area (TPSA) is 151 Å². The van der Waals surface area contributed by atoms with Crippen molar-refractivity contribution < 1.29 is 24.5 Å². The third-order valence-corrected chi connectivity index (χ3v) is 2.68. The number of epoxide rings is 1. The van der Waals surface area contributed by atoms with E-state index in [0.717, 1.165) is 0 Å². The number of hydrogen-bond acceptors (Lipinski definition) is 6. The second-order valence-corrected chi connectivity index (χ2v) is 4.24. The van der Waals surface area contributed by atoms with Crippen molar-refractivity contribution in [1.29, 1.82) is 0 Å². The van der Waals surface area contributed by atoms with E-state index in [1.54, 1.807) is 0 Å². The predicted octanol–water partition coefficient (Wildman–Crippen LogP) is -2.27. The van der Waals surface area contributed by atoms with Gasteiger partial charge in [0.25, 0.3) is 0 Å². The normalized spacial score (nSPS) is 25.3. The molecule has 0 bridgehead atoms. The molecule has 1 aliphatic heterocycles. The van der Waals surface area contributed by atoms with Crippen molar-refractivity contribution in [3.63, 3.8) is 0 Å². The highest BCUT2D eigenvalue weighted by Gasteiger charge is 2.44. The van der Waals surface area contributed by atoms with Crippen LogP contribution in [0.1, 0.15) is 19.3 Å². The fraction of sp³-hybridized carbons (Fsp3) is 0.800. The lowest BCUT2D eigenvalue weighted by molar-refractivity contribution is -0.139. The van der Waals surface area contributed by atoms with Crippen LogP contribution in [0, 0.1) is 0 Å². The van der Waals surface area contributed by atoms with Gasteiger partial charge in [0.1, 0.15) is 6.10 Å². The fourth-order valence-corrected chi connectivity index (χ4v) is 1.64. The molecule has 0 aromatic carbocycles. The highest BCUT2D eigenvalue weighted by molar-refractivity contribution is 5.86. The zero-order chi connectivity index (χ0) is 13.7. The summed E-state index contributed by atoms with van der Waals surface area (Å²) in [6.07, 6.45) is -0.583. The van der Waals surface area contributed by atoms with Gasteiger partial charge >= 0.3 is 5.97 Å². The van der Waals surface area contributed by atoms with Crippen molar-refractivity contribution in [3.05, 3.63) is 0 Å². The smallest absolute Gasteiger partial charge is 0.305 e. The molecule has 0 aliphatic carbocycles. The summed E-state index contributed by atoms with van der Waals surface area (Å²) >= 11 is 0. The van der Waals surface area contributed by atoms with Crippen molar-refractivity contribution in [3.8, 4) is 0 Å². The second kappa shape index (κ2) is 6.64. The Labute approximate surface area is 104 Å². The molecule has 0 aromatic heterocycles. The van der Waals surface area contributed by atoms with Crippen LogP contribution < -0.4 is 16.8 Å². The van der Waals surface area contributed by atoms with E-state index >= 15 is 0 Å². The van der Waals surface area contributed by atoms with Gasteiger partial charge in [0.2, 0.25) is 5.91 Å². The van der Waals surface area contributed by atoms with Crippen molar-refractivity contribution >= 4 is 11.9 Å². The average molecular weight is 261 g/mol. The van der Waals surface area contributed by atoms with Crippen molar-refractivity contribution in [2.24, 2.45) is 11.5 Å². The molecule has 104 valence electrons. The first-order valence-electron chi connectivity index (χ1n) is 5.77. The van der Waals surface area contributed by atoms with Crippen LogP contribution in [-0.2, 0) is 14.3 Å². The number of hydrogen-bond donors (Lipinski definition) is 5. The van der Waals surface area contributed by atoms with Gasteiger partial charge in [-0.1, -0.05) is 0 Å². The maximum Gasteiger partial charge on any atom is 0.305 e. The molecule has 0 spiro atoms. The zero-order valence-corrected chi connectivity index (χ0v) is 9.91. The van der Waals surface area contributed by atoms with Crippen molar-refractivity contribution in [1.82, 2.24) is 5.32 Å². The Kier molecular flexibility index (Phi) is 5.48. The van der Waals surface area contributed by atoms with Gasteiger partial charge in [0, 0.05) is 0 Å². The van der Waals surface area contributed by atoms with E-state index in [1.807, 2.05) is 0 Å². The second-order valence-electron chi connectivity index (χ2n) is 4.24. The van der Waals surface area contributed by atoms with Crippen LogP contribution in [0.4, 0.5) is 0 Å². The molecule has 0 saturated carbocycles. The zero-order valence-electron chi connectivity index (χ0n) is 9.91. The molecular weight excluding hydrogens is 242 g/mol. The summed E-state index contributed by atoms with van der Waals surface area (Å²) in [5.41, 5.74) is 10.8. The van der Waals surface area contributed by atoms with Crippen LogP contribution in [0.2, 0.25) is 0 Å². The molecule has 2 unspecified atom stereocenters. The monoisotopic (exact) mass is 261 g/mol. The minimum Gasteiger partial charge on any atom is -0.481 e. The van der Waals surface area contributed by atoms with Gasteiger partial charge in [-0.2, -0.15) is 0 Å². The summed E-state index contributed by atoms with van der Waals surface area (Å²) in [7, 11) is 0. The maximum atomic E-state index is 11.6. The van der Waals surface area contributed by atoms with E-state index < -0.39 is 42.8 Å². The summed E-state index contributed by atoms with van der Waals surface area (Å²) in [4.78, 5) is 22.1. The van der Waals surface area contributed by atoms with Crippen molar-refractivity contribution in [2.45, 2.75) is 43.7 Å². The number of nitrogens with one attached hydrogen (secondary N) is 1. The standard InChI is InChI=1S/C10H19N3O5/c11-3-1-2-6(8-10(17)18-8)13-9(16)5(12)4-7(14)15/h5-6,8,10,17H,1-4,11-12H2,(H,13,16)(H,14,15)/t5-,6-,8?,10?/m0/s1. The Morgan fingerprint density at radius 3 is 2.50 bits per heavy atom. The molecule has 1 rings (SSSR count). The van der Waals surface area contributed by atoms with Crippen LogP contribution >= 0.6 is 0 Å². The van der Waals surface area contributed by atoms with Gasteiger partial charge in [0.05, 0.1) is 18.5 Å². The number of carboxylic acids is 1. The largest absolute Gasteiger partial charge is 0.481 e. The number of aliphatic carboxylic acids is 1. The summed E-state index contributed by atoms with van der Waals surface area (Å²) in [6.45, 7) is 0.455. The molecule has 1 amide bonds. The molecule has 0 aromatic rings. The van der Waals surface area contributed by atoms with Crippen LogP contribution in [0.3, 0.4) is 0 Å². The van der Waals surface area contributed by atoms with Gasteiger partial charge in [-0.3, -0.25) is 9.59 Å². The Morgan fingerprint density at radius 2 is 2.06 bits per heavy atom. The van der Waals surface area contributed by atoms with E-state index in [0.29, 0.717) is 19.4 Å². The number of carboxylic acid groups (broad SMARTS) is 1. The summed E-state index contributed by atoms with van der Waals surface area (Å²) in [5, 5.41) is 20.3. The van der Waals surface area contributed by atoms with Gasteiger partial charge in [-0.15, -0.1) is 0 Å². The van der Waals surface area contributed by atoms with Crippen molar-refractivity contribution in [2.75, 3.05) is 6.54 Å². The summed E-state index contributed by atoms with van der Waals surface area (Å²) in [6, 6.07) is -1.50. The molecule has 1 aliphatic rings. The molecule has 18 heavy (non-hydrogen) atoms. The summed E-state index contributed by atoms with van der Waals surface area (Å²) < 4.78 is 4.88. The van der Waals surface area contributed by atoms with Gasteiger partial charge < -0.3 is 31.7 Å². The highest BCUT2D eigenvalue weighted by atomic mass is 16.7. The van der Waals surface area contributed by atoms with E-state index in [9.17, 15) is 9.59 Å². The molecule has 1 heterocycles. The van der Waals surface area contributed by atoms with E-state index in [2.05, 4.69) is 5.32 Å². The molecule has 8 heteroatoms. The SMILES string of the molecule is NCCC[C@H](NC(=O)[C@@H](N)CC(=O)O)C1OC1O. The van der Waals surface area contributed by atoms with E-state index in [-0.39, 0.29) is 0 Å². The lowest BCUT2D eigenvalue weighted by Crippen LogP contribution is -2.48. The van der Waals surface area contributed by atoms with Gasteiger partial charge in [-0.05, 0) is 19.4 Å². The Bertz CT molecular complexity index is 312. The minimum absolute atomic E-state index is 0.393. The predicted molar refractivity (Wildman–Crippen MR) is 61.3 cm³/mol. The molecule has 8 nitrogen and oxygen atoms in total. The Hall–Kier alpha value is -1.22. The van der Waals surface area contributed by atoms with Crippen LogP contribution in [-0.4, -0.2) is 53.1 Å². The number of aliphatic hydroxyl groups excluding tert-OH is 1. The first-order chi connectivity index (χ1) is 8.45. The Morgan fingerprint density at radius 1 is 1.44 bits per heavy atom. The third-order valence-electron chi connectivity index (χ3n) is 2.68. The lowest BCUT2D eigenvalue weighted by Gasteiger charge is -2.18. The fourth-order valence-electron chi connectivity index (χ4n) is 1.64. The number of ether oxygens (including phenoxy) is 1. The van der Waals surface area contributed by atoms with Gasteiger partial charge in [0.15, 0.2) is 6.29 Å². The molecule has 1 saturated heterocycles. The van der Waals surface area contributed by atoms with Crippen LogP contribution in [0.15, 0.2) is 0 Å². The molecule has 4 atom stereocenters. The number of amides is 1. The van der Waals surface area contributed by atoms with E-state index in [4.69, 9.17) is 26.4 Å². The number of aliphatic hydroxyl groups is 1. The lowest BCUT2D eigenvalue weighted by atomic mass is 10.1. The first-order valence-corrected chi connectivity index (χ1v) is 5.77. The quantitative estimate of drug-likeness (QED) is 0.309. The number of carbonyl (C=O) groups excluding carboxylic acids is 1. The van der Waals surface area contributed by atoms with Crippen LogP contribution in [0.25, 0.3) is 0 Å². The maximum absolute atomic E-state index is 11.6. The highest BCUT2D eigenvalue weighted by Crippen LogP contribution is 2.25. The minimum atomic E-state index is -1.14. The van der Waals surface area contributed by atoms with Crippen LogP contribution in [0.5, 0.6) is 0 Å². The third kappa shape index (κ3) is 4.57. The number of nitrogens with two attached hydrogens (primary N) is 2. The van der Waals surface area contributed by atoms with E-state index in [1.165, 1.54) is 0 Å². The molecule has 7 N–H and O–H groups in total. The Balaban J connectivity index is 2.44.